The van der Waals surface area contributed by atoms with Crippen molar-refractivity contribution in [3.05, 3.63) is 0 Å². The molecule has 0 saturated carbocycles. The largest absolute Gasteiger partial charge is 0.376 e. The molecule has 0 aromatic rings. The van der Waals surface area contributed by atoms with Gasteiger partial charge in [-0.15, -0.1) is 0 Å². The maximum Gasteiger partial charge on any atom is 0.220 e. The molecule has 1 atom stereocenters. The standard InChI is InChI=1S/C12H24N2O4S/c1-10(2)8-12(15)13-4-7-19(16,17)14-5-6-18-11(3)9-14/h10-11H,4-9H2,1-3H3,(H,13,15). The summed E-state index contributed by atoms with van der Waals surface area (Å²) < 4.78 is 30.9. The minimum atomic E-state index is -3.30. The number of carbonyl (C=O) groups excluding carboxylic acids is 1. The van der Waals surface area contributed by atoms with Crippen LogP contribution >= 0.6 is 0 Å². The van der Waals surface area contributed by atoms with Crippen molar-refractivity contribution in [2.24, 2.45) is 5.92 Å². The molecule has 1 N–H and O–H groups in total. The molecular weight excluding hydrogens is 268 g/mol. The topological polar surface area (TPSA) is 75.7 Å². The average molecular weight is 292 g/mol. The monoisotopic (exact) mass is 292 g/mol. The van der Waals surface area contributed by atoms with Gasteiger partial charge < -0.3 is 10.1 Å². The van der Waals surface area contributed by atoms with E-state index in [1.54, 1.807) is 0 Å². The number of sulfonamides is 1. The molecule has 0 radical (unpaired) electrons. The summed E-state index contributed by atoms with van der Waals surface area (Å²) in [5.74, 6) is 0.126. The number of hydrogen-bond acceptors (Lipinski definition) is 4. The van der Waals surface area contributed by atoms with Gasteiger partial charge in [-0.05, 0) is 12.8 Å². The summed E-state index contributed by atoms with van der Waals surface area (Å²) in [6.07, 6.45) is 0.355. The van der Waals surface area contributed by atoms with Gasteiger partial charge in [0, 0.05) is 26.1 Å². The SMILES string of the molecule is CC(C)CC(=O)NCCS(=O)(=O)N1CCOC(C)C1. The van der Waals surface area contributed by atoms with E-state index in [0.29, 0.717) is 26.1 Å². The molecule has 19 heavy (non-hydrogen) atoms. The molecule has 6 nitrogen and oxygen atoms in total. The van der Waals surface area contributed by atoms with E-state index in [0.717, 1.165) is 0 Å². The zero-order valence-corrected chi connectivity index (χ0v) is 12.7. The second-order valence-electron chi connectivity index (χ2n) is 5.30. The lowest BCUT2D eigenvalue weighted by atomic mass is 10.1. The molecule has 1 unspecified atom stereocenters. The maximum absolute atomic E-state index is 12.1. The first-order valence-electron chi connectivity index (χ1n) is 6.67. The van der Waals surface area contributed by atoms with Gasteiger partial charge in [-0.1, -0.05) is 13.8 Å². The fourth-order valence-corrected chi connectivity index (χ4v) is 3.34. The number of nitrogens with zero attached hydrogens (tertiary/aromatic N) is 1. The smallest absolute Gasteiger partial charge is 0.220 e. The van der Waals surface area contributed by atoms with Crippen LogP contribution in [-0.2, 0) is 19.6 Å². The molecule has 112 valence electrons. The van der Waals surface area contributed by atoms with Gasteiger partial charge in [0.15, 0.2) is 0 Å². The summed E-state index contributed by atoms with van der Waals surface area (Å²) in [7, 11) is -3.30. The van der Waals surface area contributed by atoms with E-state index in [1.807, 2.05) is 20.8 Å². The minimum Gasteiger partial charge on any atom is -0.376 e. The van der Waals surface area contributed by atoms with Gasteiger partial charge in [-0.3, -0.25) is 4.79 Å². The Morgan fingerprint density at radius 3 is 2.74 bits per heavy atom. The predicted molar refractivity (Wildman–Crippen MR) is 73.2 cm³/mol. The van der Waals surface area contributed by atoms with Crippen LogP contribution in [0, 0.1) is 5.92 Å². The van der Waals surface area contributed by atoms with E-state index in [1.165, 1.54) is 4.31 Å². The summed E-state index contributed by atoms with van der Waals surface area (Å²) in [5, 5.41) is 2.64. The van der Waals surface area contributed by atoms with Crippen molar-refractivity contribution in [2.45, 2.75) is 33.3 Å². The van der Waals surface area contributed by atoms with Crippen LogP contribution in [0.2, 0.25) is 0 Å². The highest BCUT2D eigenvalue weighted by Gasteiger charge is 2.27. The summed E-state index contributed by atoms with van der Waals surface area (Å²) >= 11 is 0. The second-order valence-corrected chi connectivity index (χ2v) is 7.39. The molecule has 0 bridgehead atoms. The molecule has 7 heteroatoms. The third-order valence-corrected chi connectivity index (χ3v) is 4.71. The van der Waals surface area contributed by atoms with E-state index in [2.05, 4.69) is 5.32 Å². The van der Waals surface area contributed by atoms with Gasteiger partial charge >= 0.3 is 0 Å². The van der Waals surface area contributed by atoms with Crippen LogP contribution in [0.25, 0.3) is 0 Å². The predicted octanol–water partition coefficient (Wildman–Crippen LogP) is 0.199. The number of carbonyl (C=O) groups is 1. The lowest BCUT2D eigenvalue weighted by Crippen LogP contribution is -2.46. The Morgan fingerprint density at radius 2 is 2.16 bits per heavy atom. The lowest BCUT2D eigenvalue weighted by molar-refractivity contribution is -0.121. The van der Waals surface area contributed by atoms with Crippen molar-refractivity contribution in [3.63, 3.8) is 0 Å². The van der Waals surface area contributed by atoms with E-state index >= 15 is 0 Å². The second kappa shape index (κ2) is 7.21. The molecule has 0 spiro atoms. The van der Waals surface area contributed by atoms with Gasteiger partial charge in [0.25, 0.3) is 0 Å². The van der Waals surface area contributed by atoms with E-state index in [-0.39, 0.29) is 30.2 Å². The molecule has 0 aromatic carbocycles. The van der Waals surface area contributed by atoms with Crippen LogP contribution in [-0.4, -0.2) is 56.7 Å². The van der Waals surface area contributed by atoms with Crippen molar-refractivity contribution in [3.8, 4) is 0 Å². The third kappa shape index (κ3) is 5.88. The summed E-state index contributed by atoms with van der Waals surface area (Å²) in [5.41, 5.74) is 0. The highest BCUT2D eigenvalue weighted by molar-refractivity contribution is 7.89. The van der Waals surface area contributed by atoms with E-state index < -0.39 is 10.0 Å². The molecule has 1 aliphatic heterocycles. The van der Waals surface area contributed by atoms with Crippen molar-refractivity contribution in [2.75, 3.05) is 32.0 Å². The number of amides is 1. The number of nitrogens with one attached hydrogen (secondary N) is 1. The Morgan fingerprint density at radius 1 is 1.47 bits per heavy atom. The van der Waals surface area contributed by atoms with E-state index in [9.17, 15) is 13.2 Å². The number of hydrogen-bond donors (Lipinski definition) is 1. The normalized spacial score (nSPS) is 21.6. The van der Waals surface area contributed by atoms with E-state index in [4.69, 9.17) is 4.74 Å². The first kappa shape index (κ1) is 16.4. The minimum absolute atomic E-state index is 0.0520. The fourth-order valence-electron chi connectivity index (χ4n) is 1.93. The summed E-state index contributed by atoms with van der Waals surface area (Å²) in [6, 6.07) is 0. The van der Waals surface area contributed by atoms with Crippen LogP contribution in [0.5, 0.6) is 0 Å². The molecule has 1 aliphatic rings. The zero-order chi connectivity index (χ0) is 14.5. The van der Waals surface area contributed by atoms with Crippen LogP contribution in [0.3, 0.4) is 0 Å². The molecule has 1 heterocycles. The van der Waals surface area contributed by atoms with Crippen molar-refractivity contribution < 1.29 is 17.9 Å². The molecule has 0 aromatic heterocycles. The Kier molecular flexibility index (Phi) is 6.22. The summed E-state index contributed by atoms with van der Waals surface area (Å²) in [6.45, 7) is 7.14. The van der Waals surface area contributed by atoms with Gasteiger partial charge in [0.1, 0.15) is 0 Å². The van der Waals surface area contributed by atoms with Gasteiger partial charge in [-0.2, -0.15) is 4.31 Å². The van der Waals surface area contributed by atoms with Crippen LogP contribution < -0.4 is 5.32 Å². The molecular formula is C12H24N2O4S. The van der Waals surface area contributed by atoms with Crippen LogP contribution in [0.1, 0.15) is 27.2 Å². The Hall–Kier alpha value is -0.660. The van der Waals surface area contributed by atoms with Crippen molar-refractivity contribution >= 4 is 15.9 Å². The lowest BCUT2D eigenvalue weighted by Gasteiger charge is -2.30. The maximum atomic E-state index is 12.1. The van der Waals surface area contributed by atoms with Gasteiger partial charge in [-0.25, -0.2) is 8.42 Å². The van der Waals surface area contributed by atoms with Crippen LogP contribution in [0.15, 0.2) is 0 Å². The molecule has 1 fully saturated rings. The quantitative estimate of drug-likeness (QED) is 0.759. The number of rotatable bonds is 6. The fraction of sp³-hybridized carbons (Fsp3) is 0.917. The van der Waals surface area contributed by atoms with Crippen LogP contribution in [0.4, 0.5) is 0 Å². The average Bonchev–Trinajstić information content (AvgIpc) is 2.27. The number of ether oxygens (including phenoxy) is 1. The molecule has 1 rings (SSSR count). The number of morpholine rings is 1. The van der Waals surface area contributed by atoms with Crippen molar-refractivity contribution in [1.29, 1.82) is 0 Å². The highest BCUT2D eigenvalue weighted by atomic mass is 32.2. The first-order valence-corrected chi connectivity index (χ1v) is 8.28. The molecule has 1 amide bonds. The zero-order valence-electron chi connectivity index (χ0n) is 11.9. The van der Waals surface area contributed by atoms with Gasteiger partial charge in [0.05, 0.1) is 18.5 Å². The Bertz CT molecular complexity index is 395. The Labute approximate surface area is 115 Å². The van der Waals surface area contributed by atoms with Gasteiger partial charge in [0.2, 0.25) is 15.9 Å². The highest BCUT2D eigenvalue weighted by Crippen LogP contribution is 2.09. The third-order valence-electron chi connectivity index (χ3n) is 2.87. The summed E-state index contributed by atoms with van der Waals surface area (Å²) in [4.78, 5) is 11.4. The molecule has 0 aliphatic carbocycles. The molecule has 1 saturated heterocycles. The Balaban J connectivity index is 2.36. The first-order chi connectivity index (χ1) is 8.81. The van der Waals surface area contributed by atoms with Crippen molar-refractivity contribution in [1.82, 2.24) is 9.62 Å².